The average molecular weight is 329 g/mol. The Morgan fingerprint density at radius 3 is 0.750 bits per heavy atom. The molecule has 0 amide bonds. The molecule has 0 radical (unpaired) electrons. The zero-order chi connectivity index (χ0) is 5.45. The smallest absolute Gasteiger partial charge is 0.369 e. The molecule has 8 heteroatoms. The molecule has 0 aromatic heterocycles. The van der Waals surface area contributed by atoms with Gasteiger partial charge in [-0.25, -0.2) is 0 Å². The molecule has 0 aliphatic rings. The Balaban J connectivity index is -0.000000125. The molecule has 0 saturated heterocycles. The minimum atomic E-state index is -4.18. The van der Waals surface area contributed by atoms with Gasteiger partial charge in [0.15, 0.2) is 0 Å². The van der Waals surface area contributed by atoms with E-state index >= 15 is 0 Å². The zero-order valence-electron chi connectivity index (χ0n) is 3.65. The number of quaternary nitrogens is 1. The third-order valence-corrected chi connectivity index (χ3v) is 0. The number of hydrogen-bond acceptors (Lipinski definition) is 0. The molecule has 8 heavy (non-hydrogen) atoms. The van der Waals surface area contributed by atoms with Crippen LogP contribution in [0.4, 0.5) is 0 Å². The van der Waals surface area contributed by atoms with E-state index in [2.05, 4.69) is 0 Å². The van der Waals surface area contributed by atoms with Crippen molar-refractivity contribution in [1.29, 1.82) is 0 Å². The van der Waals surface area contributed by atoms with Gasteiger partial charge in [0.1, 0.15) is 0 Å². The van der Waals surface area contributed by atoms with Gasteiger partial charge >= 0.3 is 56.9 Å². The summed E-state index contributed by atoms with van der Waals surface area (Å²) in [7, 11) is 21.0. The van der Waals surface area contributed by atoms with Gasteiger partial charge in [-0.3, -0.25) is 0 Å². The summed E-state index contributed by atoms with van der Waals surface area (Å²) >= 11 is 0. The summed E-state index contributed by atoms with van der Waals surface area (Å²) in [5, 5.41) is 0. The van der Waals surface area contributed by atoms with Crippen LogP contribution in [0.3, 0.4) is 0 Å². The molecule has 0 rings (SSSR count). The van der Waals surface area contributed by atoms with Gasteiger partial charge in [-0.1, -0.05) is 0 Å². The number of hydrogen-bond donors (Lipinski definition) is 1. The molecule has 0 unspecified atom stereocenters. The molecule has 0 fully saturated rings. The van der Waals surface area contributed by atoms with Gasteiger partial charge in [-0.05, 0) is 0 Å². The predicted octanol–water partition coefficient (Wildman–Crippen LogP) is 0.825. The van der Waals surface area contributed by atoms with Gasteiger partial charge in [0, 0.05) is 0 Å². The number of halogens is 6. The first-order chi connectivity index (χ1) is 2.24. The quantitative estimate of drug-likeness (QED) is 0.684. The topological polar surface area (TPSA) is 36.5 Å². The second kappa shape index (κ2) is 4.27. The summed E-state index contributed by atoms with van der Waals surface area (Å²) in [6.07, 6.45) is 0. The molecule has 0 atom stereocenters. The minimum Gasteiger partial charge on any atom is -0.369 e. The van der Waals surface area contributed by atoms with Gasteiger partial charge < -0.3 is 18.6 Å². The maximum absolute atomic E-state index is 5.03. The standard InChI is InChI=1S/6ClH.H3N.Tc/h6*1H;1H3;/q;;;;;;;+5/p-5. The molecule has 0 aliphatic carbocycles. The van der Waals surface area contributed by atoms with Crippen molar-refractivity contribution in [3.8, 4) is 0 Å². The molecule has 1 nitrogen and oxygen atoms in total. The fourth-order valence-electron chi connectivity index (χ4n) is 0. The van der Waals surface area contributed by atoms with E-state index in [4.69, 9.17) is 47.9 Å². The summed E-state index contributed by atoms with van der Waals surface area (Å²) < 4.78 is 0. The molecule has 0 bridgehead atoms. The SMILES string of the molecule is [Cl-].[Cl][Tc]([Cl])([Cl])([Cl])[Cl].[NH4+]. The summed E-state index contributed by atoms with van der Waals surface area (Å²) in [4.78, 5) is 0. The summed E-state index contributed by atoms with van der Waals surface area (Å²) in [5.41, 5.74) is 0. The number of rotatable bonds is 0. The van der Waals surface area contributed by atoms with E-state index in [1.165, 1.54) is 0 Å². The van der Waals surface area contributed by atoms with Crippen LogP contribution >= 0.6 is 47.9 Å². The van der Waals surface area contributed by atoms with E-state index in [0.29, 0.717) is 0 Å². The molecule has 0 aromatic rings. The van der Waals surface area contributed by atoms with Crippen LogP contribution in [0.5, 0.6) is 0 Å². The molecule has 0 spiro atoms. The largest absolute Gasteiger partial charge is 0.369 e. The van der Waals surface area contributed by atoms with Crippen molar-refractivity contribution in [3.05, 3.63) is 0 Å². The van der Waals surface area contributed by atoms with Gasteiger partial charge in [0.05, 0.1) is 0 Å². The van der Waals surface area contributed by atoms with E-state index in [1.54, 1.807) is 0 Å². The Labute approximate surface area is 74.7 Å². The van der Waals surface area contributed by atoms with Crippen LogP contribution in [-0.4, -0.2) is 0 Å². The zero-order valence-corrected chi connectivity index (χ0v) is 10.0. The Morgan fingerprint density at radius 1 is 0.750 bits per heavy atom. The maximum Gasteiger partial charge on any atom is -0.369 e. The van der Waals surface area contributed by atoms with Crippen molar-refractivity contribution in [3.63, 3.8) is 0 Å². The van der Waals surface area contributed by atoms with Crippen LogP contribution in [0.15, 0.2) is 0 Å². The first-order valence-corrected chi connectivity index (χ1v) is 12.7. The van der Waals surface area contributed by atoms with Gasteiger partial charge in [0.2, 0.25) is 0 Å². The Morgan fingerprint density at radius 2 is 0.750 bits per heavy atom. The van der Waals surface area contributed by atoms with Crippen molar-refractivity contribution in [2.45, 2.75) is 0 Å². The second-order valence-corrected chi connectivity index (χ2v) is 28.7. The molecule has 58 valence electrons. The van der Waals surface area contributed by atoms with E-state index in [0.717, 1.165) is 0 Å². The fourth-order valence-corrected chi connectivity index (χ4v) is 0. The first kappa shape index (κ1) is 16.7. The van der Waals surface area contributed by atoms with E-state index < -0.39 is 9.02 Å². The van der Waals surface area contributed by atoms with Crippen molar-refractivity contribution in [2.75, 3.05) is 0 Å². The summed E-state index contributed by atoms with van der Waals surface area (Å²) in [6, 6.07) is 0. The molecule has 4 N–H and O–H groups in total. The van der Waals surface area contributed by atoms with Gasteiger partial charge in [-0.15, -0.1) is 0 Å². The predicted molar refractivity (Wildman–Crippen MR) is 35.2 cm³/mol. The van der Waals surface area contributed by atoms with Crippen LogP contribution in [0.1, 0.15) is 0 Å². The van der Waals surface area contributed by atoms with Gasteiger partial charge in [0.25, 0.3) is 0 Å². The Kier molecular flexibility index (Phi) is 8.95. The van der Waals surface area contributed by atoms with E-state index in [9.17, 15) is 0 Å². The Bertz CT molecular complexity index is 41.7. The molecular weight excluding hydrogens is 325 g/mol. The summed E-state index contributed by atoms with van der Waals surface area (Å²) in [6.45, 7) is 0. The van der Waals surface area contributed by atoms with E-state index in [-0.39, 0.29) is 18.6 Å². The Hall–Kier alpha value is 2.35. The van der Waals surface area contributed by atoms with Crippen LogP contribution in [-0.2, 0) is 9.02 Å². The molecular formula is H4Cl6NTc. The monoisotopic (exact) mass is 325 g/mol. The van der Waals surface area contributed by atoms with Crippen LogP contribution in [0.25, 0.3) is 0 Å². The van der Waals surface area contributed by atoms with Crippen molar-refractivity contribution in [1.82, 2.24) is 6.15 Å². The van der Waals surface area contributed by atoms with E-state index in [1.807, 2.05) is 0 Å². The van der Waals surface area contributed by atoms with Crippen LogP contribution < -0.4 is 18.6 Å². The van der Waals surface area contributed by atoms with Crippen LogP contribution in [0, 0.1) is 0 Å². The maximum atomic E-state index is 5.03. The molecule has 0 aromatic carbocycles. The molecule has 0 saturated carbocycles. The third kappa shape index (κ3) is 81.7. The molecule has 0 aliphatic heterocycles. The second-order valence-electron chi connectivity index (χ2n) is 0.540. The normalized spacial score (nSPS) is 14.4. The van der Waals surface area contributed by atoms with Crippen LogP contribution in [0.2, 0.25) is 0 Å². The van der Waals surface area contributed by atoms with Crippen molar-refractivity contribution >= 4 is 47.9 Å². The third-order valence-electron chi connectivity index (χ3n) is 0. The summed E-state index contributed by atoms with van der Waals surface area (Å²) in [5.74, 6) is 0. The first-order valence-electron chi connectivity index (χ1n) is 0.714. The van der Waals surface area contributed by atoms with Crippen molar-refractivity contribution < 1.29 is 21.4 Å². The van der Waals surface area contributed by atoms with Crippen molar-refractivity contribution in [2.24, 2.45) is 0 Å². The van der Waals surface area contributed by atoms with Gasteiger partial charge in [-0.2, -0.15) is 0 Å². The minimum absolute atomic E-state index is 0. The fraction of sp³-hybridized carbons (Fsp3) is 0. The average Bonchev–Trinajstić information content (AvgIpc) is 0.650. The molecule has 0 heterocycles.